The summed E-state index contributed by atoms with van der Waals surface area (Å²) in [7, 11) is 0. The zero-order valence-electron chi connectivity index (χ0n) is 8.99. The summed E-state index contributed by atoms with van der Waals surface area (Å²) in [5.41, 5.74) is 7.71. The van der Waals surface area contributed by atoms with Gasteiger partial charge in [0.05, 0.1) is 18.4 Å². The number of hydrogen-bond donors (Lipinski definition) is 2. The van der Waals surface area contributed by atoms with Crippen molar-refractivity contribution in [3.8, 4) is 0 Å². The summed E-state index contributed by atoms with van der Waals surface area (Å²) in [5.74, 6) is 0.568. The van der Waals surface area contributed by atoms with E-state index < -0.39 is 0 Å². The van der Waals surface area contributed by atoms with Gasteiger partial charge in [-0.1, -0.05) is 0 Å². The summed E-state index contributed by atoms with van der Waals surface area (Å²) >= 11 is 0. The second kappa shape index (κ2) is 4.59. The van der Waals surface area contributed by atoms with Gasteiger partial charge in [-0.2, -0.15) is 0 Å². The Morgan fingerprint density at radius 3 is 3.13 bits per heavy atom. The molecule has 0 aliphatic carbocycles. The van der Waals surface area contributed by atoms with E-state index in [1.807, 2.05) is 19.1 Å². The predicted octanol–water partition coefficient (Wildman–Crippen LogP) is 0.851. The fraction of sp³-hybridized carbons (Fsp3) is 0.545. The van der Waals surface area contributed by atoms with E-state index in [4.69, 9.17) is 10.5 Å². The minimum atomic E-state index is 0.327. The van der Waals surface area contributed by atoms with Crippen LogP contribution in [0.4, 0.5) is 5.82 Å². The molecule has 15 heavy (non-hydrogen) atoms. The highest BCUT2D eigenvalue weighted by Gasteiger charge is 2.14. The van der Waals surface area contributed by atoms with Gasteiger partial charge in [-0.25, -0.2) is 4.98 Å². The second-order valence-corrected chi connectivity index (χ2v) is 3.99. The second-order valence-electron chi connectivity index (χ2n) is 3.99. The molecule has 0 saturated carbocycles. The Bertz CT molecular complexity index is 314. The molecule has 1 aromatic heterocycles. The third-order valence-electron chi connectivity index (χ3n) is 2.52. The van der Waals surface area contributed by atoms with Crippen molar-refractivity contribution in [2.45, 2.75) is 26.1 Å². The van der Waals surface area contributed by atoms with Gasteiger partial charge in [-0.15, -0.1) is 0 Å². The van der Waals surface area contributed by atoms with E-state index >= 15 is 0 Å². The molecule has 1 aliphatic rings. The Balaban J connectivity index is 1.92. The fourth-order valence-corrected chi connectivity index (χ4v) is 1.82. The maximum atomic E-state index is 5.72. The van der Waals surface area contributed by atoms with Gasteiger partial charge in [0.2, 0.25) is 0 Å². The molecule has 4 nitrogen and oxygen atoms in total. The Hall–Kier alpha value is -1.13. The van der Waals surface area contributed by atoms with Gasteiger partial charge >= 0.3 is 0 Å². The molecule has 3 N–H and O–H groups in total. The van der Waals surface area contributed by atoms with Crippen LogP contribution in [0, 0.1) is 6.92 Å². The molecule has 0 radical (unpaired) electrons. The van der Waals surface area contributed by atoms with E-state index in [1.165, 1.54) is 0 Å². The van der Waals surface area contributed by atoms with Crippen molar-refractivity contribution < 1.29 is 4.74 Å². The number of pyridine rings is 1. The topological polar surface area (TPSA) is 60.2 Å². The van der Waals surface area contributed by atoms with Gasteiger partial charge in [-0.3, -0.25) is 0 Å². The number of nitrogens with two attached hydrogens (primary N) is 1. The van der Waals surface area contributed by atoms with Gasteiger partial charge in [0, 0.05) is 6.54 Å². The van der Waals surface area contributed by atoms with E-state index in [2.05, 4.69) is 10.3 Å². The molecule has 1 saturated heterocycles. The lowest BCUT2D eigenvalue weighted by Gasteiger charge is -2.10. The summed E-state index contributed by atoms with van der Waals surface area (Å²) in [6, 6.07) is 3.87. The number of nitrogens with one attached hydrogen (secondary N) is 1. The Morgan fingerprint density at radius 2 is 2.47 bits per heavy atom. The normalized spacial score (nSPS) is 20.7. The smallest absolute Gasteiger partial charge is 0.123 e. The van der Waals surface area contributed by atoms with Crippen LogP contribution in [-0.2, 0) is 11.3 Å². The van der Waals surface area contributed by atoms with Crippen molar-refractivity contribution in [3.63, 3.8) is 0 Å². The number of aromatic nitrogens is 1. The summed E-state index contributed by atoms with van der Waals surface area (Å²) in [4.78, 5) is 4.23. The third-order valence-corrected chi connectivity index (χ3v) is 2.52. The molecule has 4 heteroatoms. The molecular formula is C11H17N3O. The maximum Gasteiger partial charge on any atom is 0.123 e. The van der Waals surface area contributed by atoms with Gasteiger partial charge in [0.1, 0.15) is 5.82 Å². The first kappa shape index (κ1) is 10.4. The van der Waals surface area contributed by atoms with E-state index in [0.29, 0.717) is 18.5 Å². The van der Waals surface area contributed by atoms with Crippen molar-refractivity contribution in [2.24, 2.45) is 0 Å². The van der Waals surface area contributed by atoms with Crippen molar-refractivity contribution in [2.75, 3.05) is 18.8 Å². The van der Waals surface area contributed by atoms with E-state index in [-0.39, 0.29) is 0 Å². The van der Waals surface area contributed by atoms with Crippen LogP contribution >= 0.6 is 0 Å². The van der Waals surface area contributed by atoms with Crippen LogP contribution in [0.2, 0.25) is 0 Å². The minimum Gasteiger partial charge on any atom is -0.384 e. The monoisotopic (exact) mass is 207 g/mol. The zero-order chi connectivity index (χ0) is 10.7. The SMILES string of the molecule is Cc1cc(N)nc(COC2CCNC2)c1. The van der Waals surface area contributed by atoms with Gasteiger partial charge in [-0.05, 0) is 37.6 Å². The predicted molar refractivity (Wildman–Crippen MR) is 59.5 cm³/mol. The van der Waals surface area contributed by atoms with Crippen LogP contribution in [0.3, 0.4) is 0 Å². The highest BCUT2D eigenvalue weighted by molar-refractivity contribution is 5.33. The van der Waals surface area contributed by atoms with Crippen molar-refractivity contribution in [1.29, 1.82) is 0 Å². The molecule has 0 amide bonds. The lowest BCUT2D eigenvalue weighted by atomic mass is 10.2. The first-order valence-corrected chi connectivity index (χ1v) is 5.29. The molecule has 82 valence electrons. The van der Waals surface area contributed by atoms with Crippen LogP contribution in [0.25, 0.3) is 0 Å². The van der Waals surface area contributed by atoms with Crippen LogP contribution in [0.15, 0.2) is 12.1 Å². The van der Waals surface area contributed by atoms with E-state index in [9.17, 15) is 0 Å². The van der Waals surface area contributed by atoms with Crippen molar-refractivity contribution in [3.05, 3.63) is 23.4 Å². The third kappa shape index (κ3) is 2.91. The molecule has 0 spiro atoms. The highest BCUT2D eigenvalue weighted by Crippen LogP contribution is 2.10. The Labute approximate surface area is 89.8 Å². The summed E-state index contributed by atoms with van der Waals surface area (Å²) in [6.07, 6.45) is 1.41. The molecule has 1 atom stereocenters. The minimum absolute atomic E-state index is 0.327. The number of aryl methyl sites for hydroxylation is 1. The Kier molecular flexibility index (Phi) is 3.18. The molecule has 0 bridgehead atoms. The molecule has 0 aromatic carbocycles. The largest absolute Gasteiger partial charge is 0.384 e. The number of nitrogens with zero attached hydrogens (tertiary/aromatic N) is 1. The first-order chi connectivity index (χ1) is 7.24. The van der Waals surface area contributed by atoms with Crippen LogP contribution < -0.4 is 11.1 Å². The summed E-state index contributed by atoms with van der Waals surface area (Å²) in [5, 5.41) is 3.26. The number of anilines is 1. The molecule has 1 aliphatic heterocycles. The molecule has 1 unspecified atom stereocenters. The molecular weight excluding hydrogens is 190 g/mol. The summed E-state index contributed by atoms with van der Waals surface area (Å²) < 4.78 is 5.72. The van der Waals surface area contributed by atoms with Gasteiger partial charge in [0.25, 0.3) is 0 Å². The standard InChI is InChI=1S/C11H17N3O/c1-8-4-9(14-11(12)5-8)7-15-10-2-3-13-6-10/h4-5,10,13H,2-3,6-7H2,1H3,(H2,12,14). The zero-order valence-corrected chi connectivity index (χ0v) is 8.99. The maximum absolute atomic E-state index is 5.72. The van der Waals surface area contributed by atoms with Crippen molar-refractivity contribution >= 4 is 5.82 Å². The average molecular weight is 207 g/mol. The molecule has 2 heterocycles. The van der Waals surface area contributed by atoms with E-state index in [0.717, 1.165) is 30.8 Å². The van der Waals surface area contributed by atoms with Gasteiger partial charge < -0.3 is 15.8 Å². The molecule has 1 aromatic rings. The number of hydrogen-bond acceptors (Lipinski definition) is 4. The lowest BCUT2D eigenvalue weighted by molar-refractivity contribution is 0.0523. The highest BCUT2D eigenvalue weighted by atomic mass is 16.5. The number of rotatable bonds is 3. The van der Waals surface area contributed by atoms with Gasteiger partial charge in [0.15, 0.2) is 0 Å². The lowest BCUT2D eigenvalue weighted by Crippen LogP contribution is -2.17. The summed E-state index contributed by atoms with van der Waals surface area (Å²) in [6.45, 7) is 4.56. The number of ether oxygens (including phenoxy) is 1. The quantitative estimate of drug-likeness (QED) is 0.771. The van der Waals surface area contributed by atoms with Crippen molar-refractivity contribution in [1.82, 2.24) is 10.3 Å². The van der Waals surface area contributed by atoms with E-state index in [1.54, 1.807) is 0 Å². The molecule has 2 rings (SSSR count). The average Bonchev–Trinajstić information content (AvgIpc) is 2.65. The van der Waals surface area contributed by atoms with Crippen LogP contribution in [0.1, 0.15) is 17.7 Å². The first-order valence-electron chi connectivity index (χ1n) is 5.29. The van der Waals surface area contributed by atoms with Crippen LogP contribution in [0.5, 0.6) is 0 Å². The number of nitrogen functional groups attached to an aromatic ring is 1. The molecule has 1 fully saturated rings. The fourth-order valence-electron chi connectivity index (χ4n) is 1.82. The van der Waals surface area contributed by atoms with Crippen LogP contribution in [-0.4, -0.2) is 24.2 Å². The Morgan fingerprint density at radius 1 is 1.60 bits per heavy atom.